The summed E-state index contributed by atoms with van der Waals surface area (Å²) in [5.41, 5.74) is 0.647. The molecule has 2 rings (SSSR count). The lowest BCUT2D eigenvalue weighted by atomic mass is 10.1. The van der Waals surface area contributed by atoms with Crippen molar-refractivity contribution in [2.45, 2.75) is 26.2 Å². The van der Waals surface area contributed by atoms with Crippen LogP contribution in [0.4, 0.5) is 11.6 Å². The minimum atomic E-state index is -0.102. The molecule has 1 aromatic rings. The summed E-state index contributed by atoms with van der Waals surface area (Å²) < 4.78 is 0. The second-order valence-corrected chi connectivity index (χ2v) is 4.00. The van der Waals surface area contributed by atoms with E-state index in [0.29, 0.717) is 5.69 Å². The maximum atomic E-state index is 10.8. The summed E-state index contributed by atoms with van der Waals surface area (Å²) in [5.74, 6) is 0.656. The Bertz CT molecular complexity index is 357. The number of carbonyl (C=O) groups excluding carboxylic acids is 1. The predicted octanol–water partition coefficient (Wildman–Crippen LogP) is 1.43. The van der Waals surface area contributed by atoms with Gasteiger partial charge in [0.25, 0.3) is 0 Å². The quantitative estimate of drug-likeness (QED) is 0.819. The third-order valence-corrected chi connectivity index (χ3v) is 2.60. The number of hydrogen-bond acceptors (Lipinski definition) is 4. The smallest absolute Gasteiger partial charge is 0.225 e. The molecule has 1 fully saturated rings. The summed E-state index contributed by atoms with van der Waals surface area (Å²) in [6.45, 7) is 3.53. The van der Waals surface area contributed by atoms with Crippen molar-refractivity contribution in [3.63, 3.8) is 0 Å². The van der Waals surface area contributed by atoms with E-state index in [-0.39, 0.29) is 5.91 Å². The van der Waals surface area contributed by atoms with Crippen molar-refractivity contribution in [2.75, 3.05) is 23.3 Å². The molecule has 1 aliphatic heterocycles. The Hall–Kier alpha value is -1.65. The van der Waals surface area contributed by atoms with Gasteiger partial charge in [0.15, 0.2) is 0 Å². The van der Waals surface area contributed by atoms with Crippen molar-refractivity contribution in [1.29, 1.82) is 0 Å². The van der Waals surface area contributed by atoms with Gasteiger partial charge in [-0.3, -0.25) is 4.79 Å². The van der Waals surface area contributed by atoms with Gasteiger partial charge >= 0.3 is 0 Å². The van der Waals surface area contributed by atoms with Gasteiger partial charge in [0.2, 0.25) is 11.9 Å². The zero-order valence-electron chi connectivity index (χ0n) is 9.44. The number of nitrogens with zero attached hydrogens (tertiary/aromatic N) is 3. The standard InChI is InChI=1S/C11H16N4O/c1-9(16)14-10-7-12-11(13-8-10)15-5-3-2-4-6-15/h7-8H,2-6H2,1H3,(H,14,16). The Balaban J connectivity index is 2.03. The topological polar surface area (TPSA) is 58.1 Å². The SMILES string of the molecule is CC(=O)Nc1cnc(N2CCCCC2)nc1. The maximum Gasteiger partial charge on any atom is 0.225 e. The number of amides is 1. The lowest BCUT2D eigenvalue weighted by Crippen LogP contribution is -2.30. The minimum absolute atomic E-state index is 0.102. The Morgan fingerprint density at radius 3 is 2.44 bits per heavy atom. The van der Waals surface area contributed by atoms with Crippen molar-refractivity contribution in [2.24, 2.45) is 0 Å². The van der Waals surface area contributed by atoms with E-state index in [1.54, 1.807) is 12.4 Å². The van der Waals surface area contributed by atoms with Gasteiger partial charge in [0.1, 0.15) is 0 Å². The van der Waals surface area contributed by atoms with E-state index in [4.69, 9.17) is 0 Å². The molecule has 0 unspecified atom stereocenters. The Morgan fingerprint density at radius 2 is 1.88 bits per heavy atom. The van der Waals surface area contributed by atoms with Crippen molar-refractivity contribution in [1.82, 2.24) is 9.97 Å². The first-order valence-electron chi connectivity index (χ1n) is 5.60. The molecule has 1 N–H and O–H groups in total. The van der Waals surface area contributed by atoms with Gasteiger partial charge in [-0.15, -0.1) is 0 Å². The van der Waals surface area contributed by atoms with Crippen LogP contribution < -0.4 is 10.2 Å². The molecule has 5 nitrogen and oxygen atoms in total. The summed E-state index contributed by atoms with van der Waals surface area (Å²) in [6, 6.07) is 0. The van der Waals surface area contributed by atoms with Crippen molar-refractivity contribution in [3.05, 3.63) is 12.4 Å². The fourth-order valence-corrected chi connectivity index (χ4v) is 1.85. The van der Waals surface area contributed by atoms with E-state index >= 15 is 0 Å². The second-order valence-electron chi connectivity index (χ2n) is 4.00. The van der Waals surface area contributed by atoms with E-state index in [2.05, 4.69) is 20.2 Å². The van der Waals surface area contributed by atoms with Crippen LogP contribution in [0.2, 0.25) is 0 Å². The van der Waals surface area contributed by atoms with E-state index in [0.717, 1.165) is 19.0 Å². The van der Waals surface area contributed by atoms with Crippen LogP contribution in [-0.2, 0) is 4.79 Å². The molecule has 86 valence electrons. The molecule has 16 heavy (non-hydrogen) atoms. The average Bonchev–Trinajstić information content (AvgIpc) is 2.30. The van der Waals surface area contributed by atoms with Gasteiger partial charge in [-0.1, -0.05) is 0 Å². The summed E-state index contributed by atoms with van der Waals surface area (Å²) >= 11 is 0. The van der Waals surface area contributed by atoms with Crippen LogP contribution in [0.3, 0.4) is 0 Å². The summed E-state index contributed by atoms with van der Waals surface area (Å²) in [4.78, 5) is 21.5. The van der Waals surface area contributed by atoms with E-state index in [1.807, 2.05) is 0 Å². The van der Waals surface area contributed by atoms with Crippen LogP contribution in [-0.4, -0.2) is 29.0 Å². The van der Waals surface area contributed by atoms with Gasteiger partial charge < -0.3 is 10.2 Å². The van der Waals surface area contributed by atoms with Crippen molar-refractivity contribution in [3.8, 4) is 0 Å². The largest absolute Gasteiger partial charge is 0.341 e. The fourth-order valence-electron chi connectivity index (χ4n) is 1.85. The van der Waals surface area contributed by atoms with Gasteiger partial charge in [0.05, 0.1) is 18.1 Å². The predicted molar refractivity (Wildman–Crippen MR) is 62.4 cm³/mol. The van der Waals surface area contributed by atoms with E-state index in [9.17, 15) is 4.79 Å². The fraction of sp³-hybridized carbons (Fsp3) is 0.545. The molecule has 1 aliphatic rings. The molecule has 0 atom stereocenters. The molecule has 0 aliphatic carbocycles. The second kappa shape index (κ2) is 4.92. The number of nitrogens with one attached hydrogen (secondary N) is 1. The Kier molecular flexibility index (Phi) is 3.34. The van der Waals surface area contributed by atoms with Crippen molar-refractivity contribution < 1.29 is 4.79 Å². The third kappa shape index (κ3) is 2.68. The first-order chi connectivity index (χ1) is 7.75. The monoisotopic (exact) mass is 220 g/mol. The number of piperidine rings is 1. The highest BCUT2D eigenvalue weighted by Gasteiger charge is 2.12. The zero-order valence-corrected chi connectivity index (χ0v) is 9.44. The molecular weight excluding hydrogens is 204 g/mol. The summed E-state index contributed by atoms with van der Waals surface area (Å²) in [5, 5.41) is 2.65. The molecule has 2 heterocycles. The molecule has 1 amide bonds. The highest BCUT2D eigenvalue weighted by molar-refractivity contribution is 5.88. The van der Waals surface area contributed by atoms with E-state index in [1.165, 1.54) is 26.2 Å². The number of rotatable bonds is 2. The van der Waals surface area contributed by atoms with Crippen LogP contribution in [0, 0.1) is 0 Å². The van der Waals surface area contributed by atoms with Crippen LogP contribution in [0.25, 0.3) is 0 Å². The number of carbonyl (C=O) groups is 1. The minimum Gasteiger partial charge on any atom is -0.341 e. The number of hydrogen-bond donors (Lipinski definition) is 1. The first-order valence-corrected chi connectivity index (χ1v) is 5.60. The van der Waals surface area contributed by atoms with Gasteiger partial charge in [-0.05, 0) is 19.3 Å². The number of anilines is 2. The van der Waals surface area contributed by atoms with Crippen molar-refractivity contribution >= 4 is 17.5 Å². The summed E-state index contributed by atoms with van der Waals surface area (Å²) in [7, 11) is 0. The molecule has 5 heteroatoms. The van der Waals surface area contributed by atoms with Gasteiger partial charge in [0, 0.05) is 20.0 Å². The zero-order chi connectivity index (χ0) is 11.4. The number of aromatic nitrogens is 2. The lowest BCUT2D eigenvalue weighted by molar-refractivity contribution is -0.114. The molecule has 0 spiro atoms. The molecule has 0 bridgehead atoms. The van der Waals surface area contributed by atoms with E-state index < -0.39 is 0 Å². The summed E-state index contributed by atoms with van der Waals surface area (Å²) in [6.07, 6.45) is 7.00. The lowest BCUT2D eigenvalue weighted by Gasteiger charge is -2.26. The van der Waals surface area contributed by atoms with Gasteiger partial charge in [-0.2, -0.15) is 0 Å². The molecule has 0 saturated carbocycles. The van der Waals surface area contributed by atoms with Gasteiger partial charge in [-0.25, -0.2) is 9.97 Å². The normalized spacial score (nSPS) is 15.9. The molecule has 0 radical (unpaired) electrons. The molecule has 0 aromatic carbocycles. The Labute approximate surface area is 94.9 Å². The highest BCUT2D eigenvalue weighted by Crippen LogP contribution is 2.15. The average molecular weight is 220 g/mol. The highest BCUT2D eigenvalue weighted by atomic mass is 16.1. The van der Waals surface area contributed by atoms with Crippen LogP contribution >= 0.6 is 0 Å². The molecule has 1 aromatic heterocycles. The Morgan fingerprint density at radius 1 is 1.25 bits per heavy atom. The molecule has 1 saturated heterocycles. The molecular formula is C11H16N4O. The first kappa shape index (κ1) is 10.9. The van der Waals surface area contributed by atoms with Crippen LogP contribution in [0.1, 0.15) is 26.2 Å². The van der Waals surface area contributed by atoms with Crippen LogP contribution in [0.5, 0.6) is 0 Å². The third-order valence-electron chi connectivity index (χ3n) is 2.60. The maximum absolute atomic E-state index is 10.8. The van der Waals surface area contributed by atoms with Crippen LogP contribution in [0.15, 0.2) is 12.4 Å².